The number of hydrogen-bond acceptors (Lipinski definition) is 9. The van der Waals surface area contributed by atoms with Gasteiger partial charge in [-0.05, 0) is 43.0 Å². The van der Waals surface area contributed by atoms with E-state index in [0.717, 1.165) is 73.9 Å². The average molecular weight is 550 g/mol. The second-order valence-corrected chi connectivity index (χ2v) is 11.9. The standard InChI is InChI=1S/C31H31N7O3/c1-39-29-5-2-20(11-34-29)14-37-23-6-24(37)16-36(15-23)28-4-3-21(12-33-28)27-7-25(17-38-30(27)22(10-32)13-35-38)41-26-8-31(9-26)18-40-19-31/h2-5,7,11-13,17,23-24,26H,6,8-9,14-16,18-19H2,1H3. The van der Waals surface area contributed by atoms with Crippen LogP contribution in [-0.4, -0.2) is 76.1 Å². The van der Waals surface area contributed by atoms with Gasteiger partial charge in [-0.15, -0.1) is 0 Å². The maximum atomic E-state index is 9.75. The van der Waals surface area contributed by atoms with E-state index in [-0.39, 0.29) is 6.10 Å². The van der Waals surface area contributed by atoms with Gasteiger partial charge in [0.05, 0.1) is 43.8 Å². The van der Waals surface area contributed by atoms with Gasteiger partial charge < -0.3 is 19.1 Å². The molecular weight excluding hydrogens is 518 g/mol. The van der Waals surface area contributed by atoms with E-state index in [2.05, 4.69) is 44.2 Å². The molecule has 41 heavy (non-hydrogen) atoms. The highest BCUT2D eigenvalue weighted by Crippen LogP contribution is 2.48. The van der Waals surface area contributed by atoms with Gasteiger partial charge in [0.1, 0.15) is 23.7 Å². The zero-order chi connectivity index (χ0) is 27.6. The lowest BCUT2D eigenvalue weighted by molar-refractivity contribution is -0.191. The van der Waals surface area contributed by atoms with Crippen molar-refractivity contribution in [3.63, 3.8) is 0 Å². The second kappa shape index (κ2) is 9.43. The van der Waals surface area contributed by atoms with Crippen LogP contribution in [0.4, 0.5) is 5.82 Å². The molecule has 5 fully saturated rings. The monoisotopic (exact) mass is 549 g/mol. The number of piperazine rings is 1. The van der Waals surface area contributed by atoms with Crippen LogP contribution in [0.25, 0.3) is 16.6 Å². The van der Waals surface area contributed by atoms with Gasteiger partial charge in [-0.2, -0.15) is 10.4 Å². The predicted octanol–water partition coefficient (Wildman–Crippen LogP) is 3.69. The summed E-state index contributed by atoms with van der Waals surface area (Å²) in [7, 11) is 1.64. The molecule has 4 saturated heterocycles. The van der Waals surface area contributed by atoms with Crippen molar-refractivity contribution >= 4 is 11.3 Å². The molecule has 9 rings (SSSR count). The largest absolute Gasteiger partial charge is 0.489 e. The summed E-state index contributed by atoms with van der Waals surface area (Å²) in [5.41, 5.74) is 4.69. The zero-order valence-corrected chi connectivity index (χ0v) is 22.9. The number of nitriles is 1. The van der Waals surface area contributed by atoms with Crippen LogP contribution in [-0.2, 0) is 11.3 Å². The molecule has 208 valence electrons. The molecule has 0 amide bonds. The molecule has 0 aromatic carbocycles. The van der Waals surface area contributed by atoms with E-state index in [0.29, 0.717) is 28.9 Å². The number of rotatable bonds is 7. The molecule has 10 nitrogen and oxygen atoms in total. The van der Waals surface area contributed by atoms with E-state index < -0.39 is 0 Å². The summed E-state index contributed by atoms with van der Waals surface area (Å²) in [5, 5.41) is 14.2. The molecule has 1 aliphatic carbocycles. The number of hydrogen-bond donors (Lipinski definition) is 0. The number of pyridine rings is 3. The third-order valence-electron chi connectivity index (χ3n) is 9.25. The van der Waals surface area contributed by atoms with Crippen LogP contribution in [0, 0.1) is 16.7 Å². The van der Waals surface area contributed by atoms with E-state index in [1.807, 2.05) is 30.7 Å². The maximum absolute atomic E-state index is 9.75. The lowest BCUT2D eigenvalue weighted by atomic mass is 9.65. The molecule has 4 aromatic rings. The first-order valence-corrected chi connectivity index (χ1v) is 14.2. The van der Waals surface area contributed by atoms with Gasteiger partial charge in [0, 0.05) is 66.7 Å². The van der Waals surface area contributed by atoms with Crippen molar-refractivity contribution in [1.29, 1.82) is 5.26 Å². The average Bonchev–Trinajstić information content (AvgIpc) is 3.39. The van der Waals surface area contributed by atoms with E-state index in [4.69, 9.17) is 19.2 Å². The molecule has 5 aliphatic rings. The van der Waals surface area contributed by atoms with Gasteiger partial charge >= 0.3 is 0 Å². The highest BCUT2D eigenvalue weighted by atomic mass is 16.5. The Hall–Kier alpha value is -4.20. The summed E-state index contributed by atoms with van der Waals surface area (Å²) >= 11 is 0. The maximum Gasteiger partial charge on any atom is 0.212 e. The smallest absolute Gasteiger partial charge is 0.212 e. The Labute approximate surface area is 238 Å². The minimum Gasteiger partial charge on any atom is -0.489 e. The Morgan fingerprint density at radius 1 is 1.07 bits per heavy atom. The Balaban J connectivity index is 0.990. The van der Waals surface area contributed by atoms with Crippen molar-refractivity contribution in [2.45, 2.75) is 44.0 Å². The van der Waals surface area contributed by atoms with Crippen molar-refractivity contribution in [2.75, 3.05) is 38.3 Å². The number of nitrogens with zero attached hydrogens (tertiary/aromatic N) is 7. The molecular formula is C31H31N7O3. The second-order valence-electron chi connectivity index (χ2n) is 11.9. The minimum absolute atomic E-state index is 0.182. The number of fused-ring (bicyclic) bond motifs is 3. The summed E-state index contributed by atoms with van der Waals surface area (Å²) in [4.78, 5) is 14.2. The topological polar surface area (TPSA) is 101 Å². The van der Waals surface area contributed by atoms with Crippen LogP contribution in [0.5, 0.6) is 11.6 Å². The fourth-order valence-corrected chi connectivity index (χ4v) is 6.97. The first-order valence-electron chi connectivity index (χ1n) is 14.2. The Morgan fingerprint density at radius 3 is 2.59 bits per heavy atom. The van der Waals surface area contributed by atoms with E-state index in [1.165, 1.54) is 12.0 Å². The molecule has 2 atom stereocenters. The highest BCUT2D eigenvalue weighted by molar-refractivity contribution is 5.85. The summed E-state index contributed by atoms with van der Waals surface area (Å²) in [6, 6.07) is 13.5. The molecule has 0 radical (unpaired) electrons. The number of anilines is 1. The summed E-state index contributed by atoms with van der Waals surface area (Å²) < 4.78 is 18.7. The fourth-order valence-electron chi connectivity index (χ4n) is 6.97. The van der Waals surface area contributed by atoms with Crippen LogP contribution in [0.15, 0.2) is 55.1 Å². The number of piperidine rings is 1. The van der Waals surface area contributed by atoms with Crippen LogP contribution in [0.3, 0.4) is 0 Å². The van der Waals surface area contributed by atoms with Crippen molar-refractivity contribution in [3.05, 3.63) is 66.2 Å². The SMILES string of the molecule is COc1ccc(CN2C3CC2CN(c2ccc(-c4cc(OC5CC6(COC6)C5)cn5ncc(C#N)c45)cn2)C3)cn1. The lowest BCUT2D eigenvalue weighted by Gasteiger charge is -2.56. The first-order chi connectivity index (χ1) is 20.1. The first kappa shape index (κ1) is 24.6. The molecule has 1 saturated carbocycles. The van der Waals surface area contributed by atoms with Gasteiger partial charge in [-0.25, -0.2) is 14.5 Å². The van der Waals surface area contributed by atoms with Gasteiger partial charge in [0.15, 0.2) is 0 Å². The normalized spacial score (nSPS) is 23.0. The van der Waals surface area contributed by atoms with Crippen LogP contribution in [0.1, 0.15) is 30.4 Å². The van der Waals surface area contributed by atoms with Crippen molar-refractivity contribution < 1.29 is 14.2 Å². The third-order valence-corrected chi connectivity index (χ3v) is 9.25. The molecule has 2 unspecified atom stereocenters. The van der Waals surface area contributed by atoms with Gasteiger partial charge in [0.25, 0.3) is 0 Å². The summed E-state index contributed by atoms with van der Waals surface area (Å²) in [5.74, 6) is 2.38. The van der Waals surface area contributed by atoms with Crippen LogP contribution < -0.4 is 14.4 Å². The summed E-state index contributed by atoms with van der Waals surface area (Å²) in [6.45, 7) is 4.50. The molecule has 4 aromatic heterocycles. The molecule has 1 spiro atoms. The zero-order valence-electron chi connectivity index (χ0n) is 22.9. The molecule has 4 aliphatic heterocycles. The molecule has 10 heteroatoms. The molecule has 0 N–H and O–H groups in total. The van der Waals surface area contributed by atoms with Crippen molar-refractivity contribution in [2.24, 2.45) is 5.41 Å². The fraction of sp³-hybridized carbons (Fsp3) is 0.419. The Kier molecular flexibility index (Phi) is 5.66. The molecule has 8 heterocycles. The van der Waals surface area contributed by atoms with Crippen molar-refractivity contribution in [3.8, 4) is 28.8 Å². The van der Waals surface area contributed by atoms with E-state index in [9.17, 15) is 5.26 Å². The Morgan fingerprint density at radius 2 is 1.93 bits per heavy atom. The van der Waals surface area contributed by atoms with E-state index in [1.54, 1.807) is 17.8 Å². The summed E-state index contributed by atoms with van der Waals surface area (Å²) in [6.07, 6.45) is 10.7. The van der Waals surface area contributed by atoms with Crippen LogP contribution >= 0.6 is 0 Å². The quantitative estimate of drug-likeness (QED) is 0.342. The van der Waals surface area contributed by atoms with Crippen molar-refractivity contribution in [1.82, 2.24) is 24.5 Å². The third kappa shape index (κ3) is 4.19. The predicted molar refractivity (Wildman–Crippen MR) is 151 cm³/mol. The number of aromatic nitrogens is 4. The molecule has 2 bridgehead atoms. The van der Waals surface area contributed by atoms with Gasteiger partial charge in [-0.3, -0.25) is 4.90 Å². The van der Waals surface area contributed by atoms with E-state index >= 15 is 0 Å². The lowest BCUT2D eigenvalue weighted by Crippen LogP contribution is -2.68. The van der Waals surface area contributed by atoms with Crippen LogP contribution in [0.2, 0.25) is 0 Å². The van der Waals surface area contributed by atoms with Gasteiger partial charge in [-0.1, -0.05) is 6.07 Å². The number of methoxy groups -OCH3 is 1. The van der Waals surface area contributed by atoms with Gasteiger partial charge in [0.2, 0.25) is 5.88 Å². The Bertz CT molecular complexity index is 1620. The minimum atomic E-state index is 0.182. The number of ether oxygens (including phenoxy) is 3. The highest BCUT2D eigenvalue weighted by Gasteiger charge is 2.51.